The van der Waals surface area contributed by atoms with Crippen molar-refractivity contribution in [1.29, 1.82) is 0 Å². The van der Waals surface area contributed by atoms with E-state index in [9.17, 15) is 13.5 Å². The van der Waals surface area contributed by atoms with E-state index in [0.717, 1.165) is 0 Å². The summed E-state index contributed by atoms with van der Waals surface area (Å²) in [5, 5.41) is 13.3. The fourth-order valence-corrected chi connectivity index (χ4v) is 3.17. The van der Waals surface area contributed by atoms with Crippen LogP contribution in [-0.4, -0.2) is 25.6 Å². The summed E-state index contributed by atoms with van der Waals surface area (Å²) in [6.45, 7) is 5.22. The normalized spacial score (nSPS) is 14.8. The topological polar surface area (TPSA) is 78.4 Å². The Morgan fingerprint density at radius 1 is 1.47 bits per heavy atom. The maximum absolute atomic E-state index is 11.6. The van der Waals surface area contributed by atoms with Crippen molar-refractivity contribution in [2.24, 2.45) is 0 Å². The van der Waals surface area contributed by atoms with Gasteiger partial charge in [-0.25, -0.2) is 0 Å². The quantitative estimate of drug-likeness (QED) is 0.752. The van der Waals surface area contributed by atoms with Crippen LogP contribution in [0.15, 0.2) is 16.8 Å². The number of aliphatic hydroxyl groups excluding tert-OH is 1. The molecule has 0 radical (unpaired) electrons. The van der Waals surface area contributed by atoms with Crippen LogP contribution in [0.5, 0.6) is 0 Å². The van der Waals surface area contributed by atoms with E-state index in [1.54, 1.807) is 32.2 Å². The molecule has 1 aromatic rings. The lowest BCUT2D eigenvalue weighted by Gasteiger charge is -2.21. The van der Waals surface area contributed by atoms with Crippen LogP contribution in [0, 0.1) is 0 Å². The van der Waals surface area contributed by atoms with Crippen molar-refractivity contribution in [3.05, 3.63) is 22.4 Å². The number of aliphatic hydroxyl groups is 1. The first-order valence-electron chi connectivity index (χ1n) is 5.18. The summed E-state index contributed by atoms with van der Waals surface area (Å²) in [5.41, 5.74) is 0.174. The molecule has 1 unspecified atom stereocenters. The van der Waals surface area contributed by atoms with Gasteiger partial charge in [0.25, 0.3) is 10.2 Å². The second-order valence-corrected chi connectivity index (χ2v) is 7.06. The van der Waals surface area contributed by atoms with Crippen molar-refractivity contribution in [1.82, 2.24) is 9.44 Å². The maximum Gasteiger partial charge on any atom is 0.277 e. The van der Waals surface area contributed by atoms with Gasteiger partial charge in [0.1, 0.15) is 0 Å². The highest BCUT2D eigenvalue weighted by molar-refractivity contribution is 7.87. The minimum atomic E-state index is -3.58. The van der Waals surface area contributed by atoms with E-state index in [0.29, 0.717) is 5.56 Å². The molecular weight excluding hydrogens is 260 g/mol. The molecule has 0 aliphatic heterocycles. The average molecular weight is 278 g/mol. The van der Waals surface area contributed by atoms with Crippen LogP contribution in [0.1, 0.15) is 32.4 Å². The smallest absolute Gasteiger partial charge is 0.277 e. The van der Waals surface area contributed by atoms with Crippen LogP contribution in [0.2, 0.25) is 0 Å². The largest absolute Gasteiger partial charge is 0.387 e. The highest BCUT2D eigenvalue weighted by Gasteiger charge is 2.20. The molecule has 0 aliphatic rings. The summed E-state index contributed by atoms with van der Waals surface area (Å²) in [6.07, 6.45) is -0.821. The lowest BCUT2D eigenvalue weighted by molar-refractivity contribution is 0.182. The molecule has 0 saturated carbocycles. The molecule has 1 aromatic heterocycles. The van der Waals surface area contributed by atoms with Crippen LogP contribution >= 0.6 is 11.3 Å². The molecule has 5 nitrogen and oxygen atoms in total. The van der Waals surface area contributed by atoms with Crippen LogP contribution in [-0.2, 0) is 10.2 Å². The Morgan fingerprint density at radius 3 is 2.59 bits per heavy atom. The molecule has 17 heavy (non-hydrogen) atoms. The first kappa shape index (κ1) is 14.6. The number of hydrogen-bond donors (Lipinski definition) is 3. The number of rotatable bonds is 5. The molecule has 0 amide bonds. The Morgan fingerprint density at radius 2 is 2.12 bits per heavy atom. The third-order valence-corrected chi connectivity index (χ3v) is 3.96. The van der Waals surface area contributed by atoms with Crippen LogP contribution < -0.4 is 9.44 Å². The van der Waals surface area contributed by atoms with Gasteiger partial charge in [-0.15, -0.1) is 0 Å². The average Bonchev–Trinajstić information content (AvgIpc) is 2.63. The Hall–Kier alpha value is -0.470. The first-order chi connectivity index (χ1) is 7.70. The minimum Gasteiger partial charge on any atom is -0.387 e. The summed E-state index contributed by atoms with van der Waals surface area (Å²) >= 11 is 1.46. The van der Waals surface area contributed by atoms with Gasteiger partial charge in [0.2, 0.25) is 0 Å². The fourth-order valence-electron chi connectivity index (χ4n) is 1.21. The Balaban J connectivity index is 2.51. The second kappa shape index (κ2) is 5.45. The van der Waals surface area contributed by atoms with Crippen molar-refractivity contribution < 1.29 is 13.5 Å². The van der Waals surface area contributed by atoms with Crippen molar-refractivity contribution in [3.8, 4) is 0 Å². The van der Waals surface area contributed by atoms with E-state index < -0.39 is 21.9 Å². The fraction of sp³-hybridized carbons (Fsp3) is 0.600. The van der Waals surface area contributed by atoms with Gasteiger partial charge in [0.15, 0.2) is 0 Å². The molecular formula is C10H18N2O3S2. The van der Waals surface area contributed by atoms with Gasteiger partial charge in [-0.2, -0.15) is 29.2 Å². The first-order valence-corrected chi connectivity index (χ1v) is 7.61. The van der Waals surface area contributed by atoms with Crippen molar-refractivity contribution >= 4 is 21.5 Å². The monoisotopic (exact) mass is 278 g/mol. The molecule has 3 N–H and O–H groups in total. The molecule has 1 atom stereocenters. The van der Waals surface area contributed by atoms with Gasteiger partial charge in [0, 0.05) is 12.1 Å². The number of hydrogen-bond acceptors (Lipinski definition) is 4. The molecule has 0 saturated heterocycles. The molecule has 0 bridgehead atoms. The molecule has 0 spiro atoms. The Bertz CT molecular complexity index is 435. The van der Waals surface area contributed by atoms with Crippen molar-refractivity contribution in [2.75, 3.05) is 6.54 Å². The van der Waals surface area contributed by atoms with Gasteiger partial charge < -0.3 is 5.11 Å². The summed E-state index contributed by atoms with van der Waals surface area (Å²) in [5.74, 6) is 0. The van der Waals surface area contributed by atoms with Crippen LogP contribution in [0.3, 0.4) is 0 Å². The molecule has 0 aromatic carbocycles. The predicted molar refractivity (Wildman–Crippen MR) is 69.1 cm³/mol. The zero-order valence-electron chi connectivity index (χ0n) is 10.1. The van der Waals surface area contributed by atoms with E-state index in [1.165, 1.54) is 11.3 Å². The van der Waals surface area contributed by atoms with Crippen LogP contribution in [0.4, 0.5) is 0 Å². The van der Waals surface area contributed by atoms with Gasteiger partial charge in [0.05, 0.1) is 6.10 Å². The van der Waals surface area contributed by atoms with E-state index in [4.69, 9.17) is 0 Å². The highest BCUT2D eigenvalue weighted by atomic mass is 32.2. The standard InChI is InChI=1S/C10H18N2O3S2/c1-10(2,3)12-17(14,15)11-6-9(13)8-4-5-16-7-8/h4-5,7,9,11-13H,6H2,1-3H3. The van der Waals surface area contributed by atoms with E-state index in [1.807, 2.05) is 5.38 Å². The molecule has 1 rings (SSSR count). The lowest BCUT2D eigenvalue weighted by atomic mass is 10.1. The highest BCUT2D eigenvalue weighted by Crippen LogP contribution is 2.15. The van der Waals surface area contributed by atoms with E-state index >= 15 is 0 Å². The number of nitrogens with one attached hydrogen (secondary N) is 2. The summed E-state index contributed by atoms with van der Waals surface area (Å²) in [4.78, 5) is 0. The SMILES string of the molecule is CC(C)(C)NS(=O)(=O)NCC(O)c1ccsc1. The van der Waals surface area contributed by atoms with Gasteiger partial charge in [-0.05, 0) is 43.2 Å². The molecule has 0 fully saturated rings. The molecule has 0 aliphatic carbocycles. The van der Waals surface area contributed by atoms with Gasteiger partial charge >= 0.3 is 0 Å². The molecule has 1 heterocycles. The van der Waals surface area contributed by atoms with Gasteiger partial charge in [-0.3, -0.25) is 0 Å². The summed E-state index contributed by atoms with van der Waals surface area (Å²) < 4.78 is 27.9. The zero-order valence-corrected chi connectivity index (χ0v) is 11.7. The summed E-state index contributed by atoms with van der Waals surface area (Å²) in [6, 6.07) is 1.76. The third-order valence-electron chi connectivity index (χ3n) is 1.84. The molecule has 98 valence electrons. The predicted octanol–water partition coefficient (Wildman–Crippen LogP) is 1.00. The van der Waals surface area contributed by atoms with Gasteiger partial charge in [-0.1, -0.05) is 0 Å². The number of thiophene rings is 1. The summed E-state index contributed by atoms with van der Waals surface area (Å²) in [7, 11) is -3.58. The second-order valence-electron chi connectivity index (χ2n) is 4.78. The van der Waals surface area contributed by atoms with E-state index in [-0.39, 0.29) is 6.54 Å². The zero-order chi connectivity index (χ0) is 13.1. The maximum atomic E-state index is 11.6. The van der Waals surface area contributed by atoms with Crippen molar-refractivity contribution in [3.63, 3.8) is 0 Å². The Kier molecular flexibility index (Phi) is 4.68. The van der Waals surface area contributed by atoms with E-state index in [2.05, 4.69) is 9.44 Å². The lowest BCUT2D eigenvalue weighted by Crippen LogP contribution is -2.47. The van der Waals surface area contributed by atoms with Crippen molar-refractivity contribution in [2.45, 2.75) is 32.4 Å². The minimum absolute atomic E-state index is 0.0395. The Labute approximate surface area is 106 Å². The molecule has 7 heteroatoms. The third kappa shape index (κ3) is 5.60. The van der Waals surface area contributed by atoms with Crippen LogP contribution in [0.25, 0.3) is 0 Å².